The highest BCUT2D eigenvalue weighted by atomic mass is 32.2. The van der Waals surface area contributed by atoms with E-state index < -0.39 is 33.4 Å². The maximum atomic E-state index is 12.6. The topological polar surface area (TPSA) is 130 Å². The highest BCUT2D eigenvalue weighted by molar-refractivity contribution is 7.91. The normalized spacial score (nSPS) is 11.9. The zero-order valence-electron chi connectivity index (χ0n) is 19.3. The Bertz CT molecular complexity index is 1420. The number of ether oxygens (including phenoxy) is 3. The summed E-state index contributed by atoms with van der Waals surface area (Å²) in [4.78, 5) is 40.9. The number of sulfone groups is 1. The lowest BCUT2D eigenvalue weighted by Gasteiger charge is -2.06. The monoisotopic (exact) mass is 520 g/mol. The predicted octanol–water partition coefficient (Wildman–Crippen LogP) is 2.35. The van der Waals surface area contributed by atoms with Crippen molar-refractivity contribution in [2.24, 2.45) is 4.99 Å². The molecule has 0 saturated carbocycles. The number of rotatable bonds is 9. The van der Waals surface area contributed by atoms with Crippen LogP contribution in [0.15, 0.2) is 52.4 Å². The van der Waals surface area contributed by atoms with Gasteiger partial charge in [0.2, 0.25) is 5.91 Å². The molecule has 0 N–H and O–H groups in total. The molecular weight excluding hydrogens is 496 g/mol. The predicted molar refractivity (Wildman–Crippen MR) is 128 cm³/mol. The Morgan fingerprint density at radius 2 is 1.77 bits per heavy atom. The summed E-state index contributed by atoms with van der Waals surface area (Å²) in [6, 6.07) is 10.6. The summed E-state index contributed by atoms with van der Waals surface area (Å²) in [6.07, 6.45) is -0.352. The molecule has 0 aliphatic rings. The Balaban J connectivity index is 1.90. The first kappa shape index (κ1) is 26.1. The zero-order chi connectivity index (χ0) is 25.6. The second kappa shape index (κ2) is 11.3. The molecule has 3 aromatic rings. The van der Waals surface area contributed by atoms with Crippen LogP contribution in [0.3, 0.4) is 0 Å². The highest BCUT2D eigenvalue weighted by Crippen LogP contribution is 2.21. The molecule has 1 amide bonds. The van der Waals surface area contributed by atoms with Gasteiger partial charge in [-0.15, -0.1) is 0 Å². The number of hydrogen-bond donors (Lipinski definition) is 0. The molecule has 0 unspecified atom stereocenters. The van der Waals surface area contributed by atoms with Crippen molar-refractivity contribution in [3.8, 4) is 5.75 Å². The number of esters is 2. The van der Waals surface area contributed by atoms with Crippen LogP contribution in [-0.4, -0.2) is 57.4 Å². The van der Waals surface area contributed by atoms with Crippen molar-refractivity contribution in [3.05, 3.63) is 52.8 Å². The van der Waals surface area contributed by atoms with Crippen molar-refractivity contribution in [3.63, 3.8) is 0 Å². The van der Waals surface area contributed by atoms with E-state index in [1.54, 1.807) is 19.1 Å². The Kier molecular flexibility index (Phi) is 8.41. The van der Waals surface area contributed by atoms with Crippen molar-refractivity contribution in [2.45, 2.75) is 24.8 Å². The van der Waals surface area contributed by atoms with Gasteiger partial charge in [-0.2, -0.15) is 4.99 Å². The lowest BCUT2D eigenvalue weighted by atomic mass is 10.2. The molecule has 0 bridgehead atoms. The van der Waals surface area contributed by atoms with Crippen molar-refractivity contribution in [1.29, 1.82) is 0 Å². The third-order valence-corrected chi connectivity index (χ3v) is 7.69. The molecule has 12 heteroatoms. The van der Waals surface area contributed by atoms with E-state index in [0.717, 1.165) is 11.3 Å². The minimum Gasteiger partial charge on any atom is -0.497 e. The van der Waals surface area contributed by atoms with E-state index in [-0.39, 0.29) is 29.3 Å². The van der Waals surface area contributed by atoms with Gasteiger partial charge in [-0.25, -0.2) is 13.2 Å². The summed E-state index contributed by atoms with van der Waals surface area (Å²) in [6.45, 7) is 1.65. The molecule has 0 spiro atoms. The van der Waals surface area contributed by atoms with Gasteiger partial charge in [-0.1, -0.05) is 11.3 Å². The summed E-state index contributed by atoms with van der Waals surface area (Å²) >= 11 is 1.08. The lowest BCUT2D eigenvalue weighted by molar-refractivity contribution is -0.143. The van der Waals surface area contributed by atoms with E-state index in [1.807, 2.05) is 0 Å². The van der Waals surface area contributed by atoms with Crippen molar-refractivity contribution in [1.82, 2.24) is 4.57 Å². The largest absolute Gasteiger partial charge is 0.497 e. The average Bonchev–Trinajstić information content (AvgIpc) is 3.18. The lowest BCUT2D eigenvalue weighted by Crippen LogP contribution is -2.23. The fraction of sp³-hybridized carbons (Fsp3) is 0.304. The molecule has 35 heavy (non-hydrogen) atoms. The fourth-order valence-electron chi connectivity index (χ4n) is 3.18. The number of hydrogen-bond acceptors (Lipinski definition) is 9. The Morgan fingerprint density at radius 1 is 1.06 bits per heavy atom. The second-order valence-corrected chi connectivity index (χ2v) is 10.3. The summed E-state index contributed by atoms with van der Waals surface area (Å²) < 4.78 is 42.1. The van der Waals surface area contributed by atoms with Crippen LogP contribution in [-0.2, 0) is 35.4 Å². The maximum absolute atomic E-state index is 12.6. The molecule has 0 aliphatic heterocycles. The van der Waals surface area contributed by atoms with E-state index in [0.29, 0.717) is 21.5 Å². The van der Waals surface area contributed by atoms with Crippen LogP contribution < -0.4 is 9.54 Å². The summed E-state index contributed by atoms with van der Waals surface area (Å²) in [5.74, 6) is -1.65. The van der Waals surface area contributed by atoms with E-state index in [9.17, 15) is 22.8 Å². The minimum absolute atomic E-state index is 0.0701. The summed E-state index contributed by atoms with van der Waals surface area (Å²) in [5.41, 5.74) is 0.862. The van der Waals surface area contributed by atoms with Gasteiger partial charge in [-0.05, 0) is 49.4 Å². The second-order valence-electron chi connectivity index (χ2n) is 7.20. The van der Waals surface area contributed by atoms with Crippen LogP contribution in [0.4, 0.5) is 0 Å². The molecular formula is C23H24N2O8S2. The van der Waals surface area contributed by atoms with Crippen LogP contribution in [0.5, 0.6) is 5.75 Å². The van der Waals surface area contributed by atoms with Crippen LogP contribution in [0.2, 0.25) is 0 Å². The summed E-state index contributed by atoms with van der Waals surface area (Å²) in [7, 11) is -0.978. The first-order valence-corrected chi connectivity index (χ1v) is 13.0. The van der Waals surface area contributed by atoms with Crippen LogP contribution >= 0.6 is 11.3 Å². The van der Waals surface area contributed by atoms with Crippen molar-refractivity contribution >= 4 is 49.2 Å². The van der Waals surface area contributed by atoms with Crippen LogP contribution in [0.1, 0.15) is 23.7 Å². The zero-order valence-corrected chi connectivity index (χ0v) is 21.0. The number of benzene rings is 2. The third-order valence-electron chi connectivity index (χ3n) is 4.92. The number of amides is 1. The molecule has 0 fully saturated rings. The molecule has 2 aromatic carbocycles. The molecule has 1 heterocycles. The van der Waals surface area contributed by atoms with Gasteiger partial charge in [0.1, 0.15) is 12.3 Å². The van der Waals surface area contributed by atoms with Gasteiger partial charge in [0.15, 0.2) is 14.6 Å². The fourth-order valence-corrected chi connectivity index (χ4v) is 5.49. The van der Waals surface area contributed by atoms with E-state index in [4.69, 9.17) is 14.2 Å². The Morgan fingerprint density at radius 3 is 2.40 bits per heavy atom. The van der Waals surface area contributed by atoms with E-state index >= 15 is 0 Å². The van der Waals surface area contributed by atoms with Gasteiger partial charge in [0.05, 0.1) is 47.3 Å². The SMILES string of the molecule is CCOC(=O)Cn1c(=NC(=O)CCS(=O)(=O)c2ccc(OC)cc2)sc2cc(C(=O)OC)ccc21. The minimum atomic E-state index is -3.72. The Hall–Kier alpha value is -3.51. The average molecular weight is 521 g/mol. The number of methoxy groups -OCH3 is 2. The smallest absolute Gasteiger partial charge is 0.337 e. The summed E-state index contributed by atoms with van der Waals surface area (Å²) in [5, 5.41) is 0. The standard InChI is InChI=1S/C23H24N2O8S2/c1-4-33-21(27)14-25-18-10-5-15(22(28)32-3)13-19(18)34-23(25)24-20(26)11-12-35(29,30)17-8-6-16(31-2)7-9-17/h5-10,13H,4,11-12,14H2,1-3H3. The third kappa shape index (κ3) is 6.34. The molecule has 0 saturated heterocycles. The van der Waals surface area contributed by atoms with Crippen LogP contribution in [0, 0.1) is 0 Å². The van der Waals surface area contributed by atoms with Gasteiger partial charge in [-0.3, -0.25) is 9.59 Å². The van der Waals surface area contributed by atoms with Gasteiger partial charge >= 0.3 is 11.9 Å². The number of aromatic nitrogens is 1. The number of thiazole rings is 1. The van der Waals surface area contributed by atoms with E-state index in [2.05, 4.69) is 4.99 Å². The highest BCUT2D eigenvalue weighted by Gasteiger charge is 2.18. The van der Waals surface area contributed by atoms with E-state index in [1.165, 1.54) is 49.1 Å². The first-order valence-electron chi connectivity index (χ1n) is 10.5. The number of carbonyl (C=O) groups is 3. The number of nitrogens with zero attached hydrogens (tertiary/aromatic N) is 2. The van der Waals surface area contributed by atoms with Gasteiger partial charge in [0, 0.05) is 6.42 Å². The molecule has 10 nitrogen and oxygen atoms in total. The molecule has 186 valence electrons. The van der Waals surface area contributed by atoms with Crippen molar-refractivity contribution in [2.75, 3.05) is 26.6 Å². The number of fused-ring (bicyclic) bond motifs is 1. The molecule has 1 aromatic heterocycles. The number of carbonyl (C=O) groups excluding carboxylic acids is 3. The van der Waals surface area contributed by atoms with Crippen molar-refractivity contribution < 1.29 is 37.0 Å². The quantitative estimate of drug-likeness (QED) is 0.393. The molecule has 0 aliphatic carbocycles. The Labute approximate surface area is 205 Å². The first-order chi connectivity index (χ1) is 16.7. The maximum Gasteiger partial charge on any atom is 0.337 e. The molecule has 0 radical (unpaired) electrons. The van der Waals surface area contributed by atoms with Crippen LogP contribution in [0.25, 0.3) is 10.2 Å². The molecule has 0 atom stereocenters. The van der Waals surface area contributed by atoms with Gasteiger partial charge < -0.3 is 18.8 Å². The molecule has 3 rings (SSSR count). The van der Waals surface area contributed by atoms with Gasteiger partial charge in [0.25, 0.3) is 0 Å².